The number of hydrogen-bond acceptors (Lipinski definition) is 8. The van der Waals surface area contributed by atoms with Crippen molar-refractivity contribution >= 4 is 17.8 Å². The monoisotopic (exact) mass is 402 g/mol. The van der Waals surface area contributed by atoms with Crippen LogP contribution >= 0.6 is 0 Å². The zero-order chi connectivity index (χ0) is 21.0. The molecule has 0 saturated carbocycles. The summed E-state index contributed by atoms with van der Waals surface area (Å²) in [6.45, 7) is 1.14. The van der Waals surface area contributed by atoms with Crippen LogP contribution in [0.5, 0.6) is 11.5 Å². The Labute approximate surface area is 168 Å². The highest BCUT2D eigenvalue weighted by molar-refractivity contribution is 6.01. The molecule has 0 aliphatic carbocycles. The van der Waals surface area contributed by atoms with E-state index in [1.54, 1.807) is 43.3 Å². The average molecular weight is 402 g/mol. The van der Waals surface area contributed by atoms with Crippen molar-refractivity contribution < 1.29 is 33.3 Å². The number of allylic oxidation sites excluding steroid dienone is 1. The quantitative estimate of drug-likeness (QED) is 0.406. The predicted molar refractivity (Wildman–Crippen MR) is 101 cm³/mol. The van der Waals surface area contributed by atoms with Crippen LogP contribution in [0.1, 0.15) is 23.7 Å². The number of fused-ring (bicyclic) bond motifs is 1. The molecule has 9 heteroatoms. The van der Waals surface area contributed by atoms with Gasteiger partial charge in [-0.25, -0.2) is 9.59 Å². The van der Waals surface area contributed by atoms with Crippen molar-refractivity contribution in [3.8, 4) is 11.5 Å². The lowest BCUT2D eigenvalue weighted by Gasteiger charge is -2.23. The standard InChI is InChI=1S/C20H22N2O7/c1-13(18(23)14-6-7-16-17(9-14)27-11-26-16)22(3)20(25)29-12-28-19(24)15-5-4-8-21(2)10-15/h4,6-10,13H,5,11-12H2,1-3H3. The number of amides is 1. The number of carbonyl (C=O) groups excluding carboxylic acids is 3. The number of benzene rings is 1. The summed E-state index contributed by atoms with van der Waals surface area (Å²) in [6, 6.07) is 4.03. The molecular formula is C20H22N2O7. The van der Waals surface area contributed by atoms with Crippen LogP contribution in [0.4, 0.5) is 4.79 Å². The number of likely N-dealkylation sites (N-methyl/N-ethyl adjacent to an activating group) is 1. The Morgan fingerprint density at radius 2 is 1.97 bits per heavy atom. The molecule has 0 fully saturated rings. The minimum Gasteiger partial charge on any atom is -0.454 e. The van der Waals surface area contributed by atoms with E-state index in [1.807, 2.05) is 12.3 Å². The van der Waals surface area contributed by atoms with Crippen molar-refractivity contribution in [1.82, 2.24) is 9.80 Å². The third-order valence-corrected chi connectivity index (χ3v) is 4.58. The van der Waals surface area contributed by atoms with Crippen LogP contribution in [-0.4, -0.2) is 61.4 Å². The summed E-state index contributed by atoms with van der Waals surface area (Å²) in [4.78, 5) is 39.7. The molecule has 0 bridgehead atoms. The molecule has 0 spiro atoms. The van der Waals surface area contributed by atoms with Crippen LogP contribution in [0.15, 0.2) is 42.2 Å². The Kier molecular flexibility index (Phi) is 6.06. The van der Waals surface area contributed by atoms with Crippen molar-refractivity contribution in [3.63, 3.8) is 0 Å². The van der Waals surface area contributed by atoms with Crippen LogP contribution in [0.25, 0.3) is 0 Å². The normalized spacial score (nSPS) is 15.4. The largest absolute Gasteiger partial charge is 0.454 e. The van der Waals surface area contributed by atoms with E-state index in [4.69, 9.17) is 18.9 Å². The first-order valence-corrected chi connectivity index (χ1v) is 8.96. The molecule has 9 nitrogen and oxygen atoms in total. The van der Waals surface area contributed by atoms with Crippen LogP contribution in [-0.2, 0) is 14.3 Å². The van der Waals surface area contributed by atoms with E-state index in [1.165, 1.54) is 7.05 Å². The van der Waals surface area contributed by atoms with Crippen LogP contribution in [0.2, 0.25) is 0 Å². The van der Waals surface area contributed by atoms with Gasteiger partial charge in [0.25, 0.3) is 0 Å². The molecule has 29 heavy (non-hydrogen) atoms. The summed E-state index contributed by atoms with van der Waals surface area (Å²) in [7, 11) is 3.22. The van der Waals surface area contributed by atoms with E-state index in [0.29, 0.717) is 29.1 Å². The lowest BCUT2D eigenvalue weighted by Crippen LogP contribution is -2.41. The predicted octanol–water partition coefficient (Wildman–Crippen LogP) is 2.29. The highest BCUT2D eigenvalue weighted by atomic mass is 16.7. The molecule has 1 atom stereocenters. The topological polar surface area (TPSA) is 94.6 Å². The van der Waals surface area contributed by atoms with Gasteiger partial charge in [-0.3, -0.25) is 4.79 Å². The maximum Gasteiger partial charge on any atom is 0.413 e. The molecule has 154 valence electrons. The second kappa shape index (κ2) is 8.68. The maximum absolute atomic E-state index is 12.7. The molecule has 2 aliphatic rings. The second-order valence-corrected chi connectivity index (χ2v) is 6.59. The number of carbonyl (C=O) groups is 3. The lowest BCUT2D eigenvalue weighted by atomic mass is 10.0. The van der Waals surface area contributed by atoms with Gasteiger partial charge in [0, 0.05) is 32.3 Å². The number of esters is 1. The minimum absolute atomic E-state index is 0.108. The summed E-state index contributed by atoms with van der Waals surface area (Å²) in [5.41, 5.74) is 0.833. The molecule has 0 radical (unpaired) electrons. The van der Waals surface area contributed by atoms with Gasteiger partial charge < -0.3 is 28.7 Å². The number of nitrogens with zero attached hydrogens (tertiary/aromatic N) is 2. The molecule has 2 aliphatic heterocycles. The van der Waals surface area contributed by atoms with E-state index in [-0.39, 0.29) is 12.6 Å². The van der Waals surface area contributed by atoms with Gasteiger partial charge in [0.15, 0.2) is 17.3 Å². The fourth-order valence-electron chi connectivity index (χ4n) is 2.78. The van der Waals surface area contributed by atoms with Crippen LogP contribution in [0.3, 0.4) is 0 Å². The van der Waals surface area contributed by atoms with E-state index >= 15 is 0 Å². The molecule has 1 aromatic rings. The van der Waals surface area contributed by atoms with Gasteiger partial charge >= 0.3 is 12.1 Å². The third-order valence-electron chi connectivity index (χ3n) is 4.58. The first-order valence-electron chi connectivity index (χ1n) is 8.96. The van der Waals surface area contributed by atoms with Crippen molar-refractivity contribution in [2.45, 2.75) is 19.4 Å². The Hall–Kier alpha value is -3.49. The van der Waals surface area contributed by atoms with Crippen LogP contribution < -0.4 is 9.47 Å². The summed E-state index contributed by atoms with van der Waals surface area (Å²) < 4.78 is 20.4. The number of ketones is 1. The highest BCUT2D eigenvalue weighted by Crippen LogP contribution is 2.33. The summed E-state index contributed by atoms with van der Waals surface area (Å²) >= 11 is 0. The minimum atomic E-state index is -0.793. The first kappa shape index (κ1) is 20.2. The molecule has 1 amide bonds. The Morgan fingerprint density at radius 3 is 2.72 bits per heavy atom. The SMILES string of the molecule is CC(C(=O)c1ccc2c(c1)OCO2)N(C)C(=O)OCOC(=O)C1=CN(C)C=CC1. The van der Waals surface area contributed by atoms with E-state index in [2.05, 4.69) is 0 Å². The second-order valence-electron chi connectivity index (χ2n) is 6.59. The lowest BCUT2D eigenvalue weighted by molar-refractivity contribution is -0.147. The number of ether oxygens (including phenoxy) is 4. The van der Waals surface area contributed by atoms with E-state index in [0.717, 1.165) is 4.90 Å². The van der Waals surface area contributed by atoms with Gasteiger partial charge in [-0.1, -0.05) is 6.08 Å². The van der Waals surface area contributed by atoms with Crippen molar-refractivity contribution in [2.24, 2.45) is 0 Å². The summed E-state index contributed by atoms with van der Waals surface area (Å²) in [5, 5.41) is 0. The van der Waals surface area contributed by atoms with Gasteiger partial charge in [0.2, 0.25) is 13.6 Å². The van der Waals surface area contributed by atoms with Crippen molar-refractivity contribution in [1.29, 1.82) is 0 Å². The third kappa shape index (κ3) is 4.68. The molecule has 0 N–H and O–H groups in total. The van der Waals surface area contributed by atoms with Crippen molar-refractivity contribution in [2.75, 3.05) is 27.7 Å². The fraction of sp³-hybridized carbons (Fsp3) is 0.350. The maximum atomic E-state index is 12.7. The van der Waals surface area contributed by atoms with E-state index < -0.39 is 24.9 Å². The average Bonchev–Trinajstić information content (AvgIpc) is 3.19. The van der Waals surface area contributed by atoms with Gasteiger partial charge in [-0.15, -0.1) is 0 Å². The van der Waals surface area contributed by atoms with Gasteiger partial charge in [-0.05, 0) is 31.3 Å². The van der Waals surface area contributed by atoms with Crippen molar-refractivity contribution in [3.05, 3.63) is 47.8 Å². The molecule has 0 aromatic heterocycles. The van der Waals surface area contributed by atoms with E-state index in [9.17, 15) is 14.4 Å². The number of hydrogen-bond donors (Lipinski definition) is 0. The first-order chi connectivity index (χ1) is 13.9. The molecule has 1 aromatic carbocycles. The molecular weight excluding hydrogens is 380 g/mol. The molecule has 1 unspecified atom stereocenters. The Morgan fingerprint density at radius 1 is 1.21 bits per heavy atom. The Bertz CT molecular complexity index is 878. The molecule has 3 rings (SSSR count). The van der Waals surface area contributed by atoms with Gasteiger partial charge in [-0.2, -0.15) is 0 Å². The zero-order valence-corrected chi connectivity index (χ0v) is 16.4. The zero-order valence-electron chi connectivity index (χ0n) is 16.4. The summed E-state index contributed by atoms with van der Waals surface area (Å²) in [6.07, 6.45) is 4.94. The van der Waals surface area contributed by atoms with Gasteiger partial charge in [0.05, 0.1) is 11.6 Å². The molecule has 0 saturated heterocycles. The fourth-order valence-corrected chi connectivity index (χ4v) is 2.78. The highest BCUT2D eigenvalue weighted by Gasteiger charge is 2.26. The number of Topliss-reactive ketones (excluding diaryl/α,β-unsaturated/α-hetero) is 1. The Balaban J connectivity index is 1.50. The smallest absolute Gasteiger partial charge is 0.413 e. The summed E-state index contributed by atoms with van der Waals surface area (Å²) in [5.74, 6) is 0.194. The van der Waals surface area contributed by atoms with Crippen LogP contribution in [0, 0.1) is 0 Å². The van der Waals surface area contributed by atoms with Gasteiger partial charge in [0.1, 0.15) is 0 Å². The number of rotatable bonds is 6. The molecule has 2 heterocycles.